The van der Waals surface area contributed by atoms with Crippen molar-refractivity contribution in [1.29, 1.82) is 0 Å². The van der Waals surface area contributed by atoms with Crippen molar-refractivity contribution in [3.8, 4) is 11.8 Å². The molecule has 2 N–H and O–H groups in total. The van der Waals surface area contributed by atoms with E-state index in [-0.39, 0.29) is 5.91 Å². The second-order valence-electron chi connectivity index (χ2n) is 8.23. The Morgan fingerprint density at radius 1 is 0.939 bits per heavy atom. The van der Waals surface area contributed by atoms with Gasteiger partial charge in [0.25, 0.3) is 5.91 Å². The van der Waals surface area contributed by atoms with Crippen LogP contribution in [0.5, 0.6) is 0 Å². The molecule has 0 aliphatic carbocycles. The SMILES string of the molecule is CCCCCCCCCCCCCC#C[C@H](OC(=O)OC)[C@H](CO)NC(=O)c1ccccc1. The minimum Gasteiger partial charge on any atom is -0.438 e. The van der Waals surface area contributed by atoms with Crippen molar-refractivity contribution in [3.05, 3.63) is 35.9 Å². The van der Waals surface area contributed by atoms with Crippen LogP contribution < -0.4 is 5.32 Å². The number of benzene rings is 1. The number of carbonyl (C=O) groups excluding carboxylic acids is 2. The molecule has 0 spiro atoms. The lowest BCUT2D eigenvalue weighted by Gasteiger charge is -2.22. The summed E-state index contributed by atoms with van der Waals surface area (Å²) in [5.74, 6) is 5.53. The number of aliphatic hydroxyl groups excluding tert-OH is 1. The molecule has 0 saturated heterocycles. The average Bonchev–Trinajstić information content (AvgIpc) is 2.84. The van der Waals surface area contributed by atoms with Crippen LogP contribution in [-0.4, -0.2) is 43.0 Å². The second kappa shape index (κ2) is 19.0. The zero-order valence-electron chi connectivity index (χ0n) is 20.3. The van der Waals surface area contributed by atoms with Gasteiger partial charge in [0.15, 0.2) is 6.10 Å². The maximum atomic E-state index is 12.4. The number of methoxy groups -OCH3 is 1. The predicted octanol–water partition coefficient (Wildman–Crippen LogP) is 5.63. The Kier molecular flexibility index (Phi) is 16.4. The highest BCUT2D eigenvalue weighted by Crippen LogP contribution is 2.12. The summed E-state index contributed by atoms with van der Waals surface area (Å²) in [6.07, 6.45) is 12.6. The van der Waals surface area contributed by atoms with Gasteiger partial charge in [-0.1, -0.05) is 101 Å². The van der Waals surface area contributed by atoms with E-state index in [2.05, 4.69) is 28.8 Å². The first-order chi connectivity index (χ1) is 16.1. The summed E-state index contributed by atoms with van der Waals surface area (Å²) >= 11 is 0. The Labute approximate surface area is 199 Å². The fourth-order valence-electron chi connectivity index (χ4n) is 3.47. The highest BCUT2D eigenvalue weighted by molar-refractivity contribution is 5.94. The predicted molar refractivity (Wildman–Crippen MR) is 131 cm³/mol. The molecule has 0 radical (unpaired) electrons. The van der Waals surface area contributed by atoms with Crippen molar-refractivity contribution in [1.82, 2.24) is 5.32 Å². The molecule has 0 unspecified atom stereocenters. The Morgan fingerprint density at radius 3 is 2.06 bits per heavy atom. The number of ether oxygens (including phenoxy) is 2. The highest BCUT2D eigenvalue weighted by Gasteiger charge is 2.25. The molecule has 6 heteroatoms. The lowest BCUT2D eigenvalue weighted by atomic mass is 10.1. The van der Waals surface area contributed by atoms with Gasteiger partial charge >= 0.3 is 6.16 Å². The summed E-state index contributed by atoms with van der Waals surface area (Å²) in [5, 5.41) is 12.5. The van der Waals surface area contributed by atoms with Crippen molar-refractivity contribution in [2.45, 2.75) is 96.1 Å². The monoisotopic (exact) mass is 459 g/mol. The summed E-state index contributed by atoms with van der Waals surface area (Å²) in [6.45, 7) is 1.82. The summed E-state index contributed by atoms with van der Waals surface area (Å²) < 4.78 is 9.75. The number of rotatable bonds is 16. The molecule has 0 heterocycles. The van der Waals surface area contributed by atoms with Crippen LogP contribution in [0.1, 0.15) is 94.3 Å². The van der Waals surface area contributed by atoms with E-state index in [1.165, 1.54) is 64.9 Å². The minimum atomic E-state index is -0.997. The number of unbranched alkanes of at least 4 members (excludes halogenated alkanes) is 11. The van der Waals surface area contributed by atoms with Gasteiger partial charge in [0, 0.05) is 12.0 Å². The Bertz CT molecular complexity index is 710. The molecule has 0 bridgehead atoms. The molecule has 1 aromatic rings. The van der Waals surface area contributed by atoms with E-state index in [1.54, 1.807) is 24.3 Å². The quantitative estimate of drug-likeness (QED) is 0.190. The first kappa shape index (κ1) is 28.5. The molecule has 0 fully saturated rings. The lowest BCUT2D eigenvalue weighted by Crippen LogP contribution is -2.47. The first-order valence-corrected chi connectivity index (χ1v) is 12.3. The van der Waals surface area contributed by atoms with Gasteiger partial charge in [-0.2, -0.15) is 0 Å². The van der Waals surface area contributed by atoms with Crippen LogP contribution >= 0.6 is 0 Å². The molecular weight excluding hydrogens is 418 g/mol. The molecule has 1 aromatic carbocycles. The van der Waals surface area contributed by atoms with Crippen molar-refractivity contribution in [2.75, 3.05) is 13.7 Å². The largest absolute Gasteiger partial charge is 0.509 e. The first-order valence-electron chi connectivity index (χ1n) is 12.3. The fraction of sp³-hybridized carbons (Fsp3) is 0.630. The highest BCUT2D eigenvalue weighted by atomic mass is 16.7. The number of nitrogens with one attached hydrogen (secondary N) is 1. The van der Waals surface area contributed by atoms with Crippen molar-refractivity contribution in [3.63, 3.8) is 0 Å². The summed E-state index contributed by atoms with van der Waals surface area (Å²) in [4.78, 5) is 24.0. The number of amides is 1. The minimum absolute atomic E-state index is 0.375. The maximum absolute atomic E-state index is 12.4. The van der Waals surface area contributed by atoms with Gasteiger partial charge in [0.1, 0.15) is 6.04 Å². The van der Waals surface area contributed by atoms with Crippen molar-refractivity contribution >= 4 is 12.1 Å². The molecule has 1 rings (SSSR count). The molecule has 0 saturated carbocycles. The van der Waals surface area contributed by atoms with Gasteiger partial charge in [0.05, 0.1) is 13.7 Å². The normalized spacial score (nSPS) is 12.2. The van der Waals surface area contributed by atoms with Crippen molar-refractivity contribution in [2.24, 2.45) is 0 Å². The maximum Gasteiger partial charge on any atom is 0.509 e. The summed E-state index contributed by atoms with van der Waals surface area (Å²) in [5.41, 5.74) is 0.446. The van der Waals surface area contributed by atoms with Crippen LogP contribution in [0, 0.1) is 11.8 Å². The van der Waals surface area contributed by atoms with Gasteiger partial charge < -0.3 is 19.9 Å². The van der Waals surface area contributed by atoms with Crippen LogP contribution in [0.4, 0.5) is 4.79 Å². The average molecular weight is 460 g/mol. The topological polar surface area (TPSA) is 84.9 Å². The molecule has 2 atom stereocenters. The second-order valence-corrected chi connectivity index (χ2v) is 8.23. The van der Waals surface area contributed by atoms with E-state index in [0.717, 1.165) is 12.8 Å². The fourth-order valence-corrected chi connectivity index (χ4v) is 3.47. The molecule has 1 amide bonds. The molecule has 6 nitrogen and oxygen atoms in total. The standard InChI is InChI=1S/C27H41NO5/c1-3-4-5-6-7-8-9-10-11-12-13-14-18-21-25(33-27(31)32-2)24(22-29)28-26(30)23-19-16-15-17-20-23/h15-17,19-20,24-25,29H,3-14,22H2,1-2H3,(H,28,30)/t24-,25-/m0/s1. The van der Waals surface area contributed by atoms with E-state index < -0.39 is 24.9 Å². The molecule has 0 aromatic heterocycles. The zero-order valence-corrected chi connectivity index (χ0v) is 20.3. The van der Waals surface area contributed by atoms with Gasteiger partial charge in [-0.05, 0) is 18.6 Å². The van der Waals surface area contributed by atoms with Crippen LogP contribution in [0.25, 0.3) is 0 Å². The third-order valence-electron chi connectivity index (χ3n) is 5.45. The molecule has 0 aliphatic rings. The zero-order chi connectivity index (χ0) is 24.2. The number of hydrogen-bond acceptors (Lipinski definition) is 5. The van der Waals surface area contributed by atoms with Crippen LogP contribution in [0.15, 0.2) is 30.3 Å². The van der Waals surface area contributed by atoms with Crippen molar-refractivity contribution < 1.29 is 24.2 Å². The molecule has 33 heavy (non-hydrogen) atoms. The summed E-state index contributed by atoms with van der Waals surface area (Å²) in [7, 11) is 1.20. The molecular formula is C27H41NO5. The number of hydrogen-bond donors (Lipinski definition) is 2. The van der Waals surface area contributed by atoms with E-state index in [0.29, 0.717) is 12.0 Å². The van der Waals surface area contributed by atoms with Crippen LogP contribution in [0.2, 0.25) is 0 Å². The van der Waals surface area contributed by atoms with E-state index >= 15 is 0 Å². The van der Waals surface area contributed by atoms with Gasteiger partial charge in [-0.15, -0.1) is 0 Å². The van der Waals surface area contributed by atoms with E-state index in [4.69, 9.17) is 4.74 Å². The summed E-state index contributed by atoms with van der Waals surface area (Å²) in [6, 6.07) is 7.78. The third kappa shape index (κ3) is 13.6. The smallest absolute Gasteiger partial charge is 0.438 e. The number of carbonyl (C=O) groups is 2. The molecule has 184 valence electrons. The number of aliphatic hydroxyl groups is 1. The van der Waals surface area contributed by atoms with Gasteiger partial charge in [0.2, 0.25) is 0 Å². The Morgan fingerprint density at radius 2 is 1.52 bits per heavy atom. The third-order valence-corrected chi connectivity index (χ3v) is 5.45. The Balaban J connectivity index is 2.40. The van der Waals surface area contributed by atoms with Gasteiger partial charge in [-0.25, -0.2) is 4.79 Å². The molecule has 0 aliphatic heterocycles. The van der Waals surface area contributed by atoms with E-state index in [9.17, 15) is 14.7 Å². The van der Waals surface area contributed by atoms with E-state index in [1.807, 2.05) is 6.07 Å². The van der Waals surface area contributed by atoms with Crippen LogP contribution in [-0.2, 0) is 9.47 Å². The lowest BCUT2D eigenvalue weighted by molar-refractivity contribution is 0.0327. The van der Waals surface area contributed by atoms with Gasteiger partial charge in [-0.3, -0.25) is 4.79 Å². The Hall–Kier alpha value is -2.52. The van der Waals surface area contributed by atoms with Crippen LogP contribution in [0.3, 0.4) is 0 Å².